The molecule has 0 bridgehead atoms. The van der Waals surface area contributed by atoms with E-state index in [0.29, 0.717) is 19.3 Å². The van der Waals surface area contributed by atoms with E-state index in [0.717, 1.165) is 57.8 Å². The van der Waals surface area contributed by atoms with E-state index in [1.165, 1.54) is 250 Å². The topological polar surface area (TPSA) is 78.9 Å². The zero-order chi connectivity index (χ0) is 49.3. The highest BCUT2D eigenvalue weighted by atomic mass is 16.6. The van der Waals surface area contributed by atoms with Gasteiger partial charge in [-0.15, -0.1) is 0 Å². The monoisotopic (exact) mass is 959 g/mol. The summed E-state index contributed by atoms with van der Waals surface area (Å²) in [6.45, 7) is 6.70. The van der Waals surface area contributed by atoms with Crippen molar-refractivity contribution in [3.8, 4) is 0 Å². The van der Waals surface area contributed by atoms with Gasteiger partial charge in [0.05, 0.1) is 0 Å². The Morgan fingerprint density at radius 1 is 0.279 bits per heavy atom. The van der Waals surface area contributed by atoms with Crippen LogP contribution in [0.4, 0.5) is 0 Å². The number of ether oxygens (including phenoxy) is 3. The molecule has 0 aromatic rings. The number of carbonyl (C=O) groups is 3. The molecule has 0 aliphatic rings. The minimum Gasteiger partial charge on any atom is -0.462 e. The highest BCUT2D eigenvalue weighted by molar-refractivity contribution is 5.71. The summed E-state index contributed by atoms with van der Waals surface area (Å²) < 4.78 is 16.9. The Hall–Kier alpha value is -1.85. The molecular formula is C62H118O6. The molecule has 1 atom stereocenters. The zero-order valence-electron chi connectivity index (χ0n) is 46.2. The molecule has 0 saturated carbocycles. The van der Waals surface area contributed by atoms with Crippen molar-refractivity contribution in [1.29, 1.82) is 0 Å². The van der Waals surface area contributed by atoms with Crippen LogP contribution in [0, 0.1) is 0 Å². The lowest BCUT2D eigenvalue weighted by Crippen LogP contribution is -2.30. The molecule has 0 fully saturated rings. The van der Waals surface area contributed by atoms with Crippen molar-refractivity contribution >= 4 is 17.9 Å². The zero-order valence-corrected chi connectivity index (χ0v) is 46.2. The second-order valence-corrected chi connectivity index (χ2v) is 21.0. The number of hydrogen-bond donors (Lipinski definition) is 0. The van der Waals surface area contributed by atoms with E-state index in [-0.39, 0.29) is 31.1 Å². The van der Waals surface area contributed by atoms with E-state index in [1.54, 1.807) is 0 Å². The Morgan fingerprint density at radius 3 is 0.750 bits per heavy atom. The molecule has 0 aromatic carbocycles. The van der Waals surface area contributed by atoms with E-state index in [4.69, 9.17) is 14.2 Å². The first-order chi connectivity index (χ1) is 33.5. The van der Waals surface area contributed by atoms with Crippen LogP contribution in [0.15, 0.2) is 12.2 Å². The van der Waals surface area contributed by atoms with Crippen molar-refractivity contribution in [2.45, 2.75) is 354 Å². The average molecular weight is 960 g/mol. The lowest BCUT2D eigenvalue weighted by Gasteiger charge is -2.18. The third-order valence-electron chi connectivity index (χ3n) is 14.0. The van der Waals surface area contributed by atoms with Gasteiger partial charge in [-0.1, -0.05) is 296 Å². The Morgan fingerprint density at radius 2 is 0.485 bits per heavy atom. The first kappa shape index (κ1) is 66.2. The number of allylic oxidation sites excluding steroid dienone is 2. The van der Waals surface area contributed by atoms with Crippen molar-refractivity contribution in [2.75, 3.05) is 13.2 Å². The highest BCUT2D eigenvalue weighted by Gasteiger charge is 2.19. The SMILES string of the molecule is CCCCCC/C=C/CCCCCCCCCC(=O)OC[C@H](COC(=O)CCCCCCCCCCCCCCCCCCCC)OC(=O)CCCCCCCCCCCCCCCCCCC. The summed E-state index contributed by atoms with van der Waals surface area (Å²) in [5, 5.41) is 0. The minimum atomic E-state index is -0.766. The standard InChI is InChI=1S/C62H118O6/c1-4-7-10-13-16-19-22-25-28-30-32-34-37-40-43-46-49-52-55-61(64)67-58-59(57-66-60(63)54-51-48-45-42-39-36-33-27-24-21-18-15-12-9-6-3)68-62(65)56-53-50-47-44-41-38-35-31-29-26-23-20-17-14-11-8-5-2/h21,24,59H,4-20,22-23,25-58H2,1-3H3/b24-21+/t59-/m1/s1. The van der Waals surface area contributed by atoms with E-state index in [9.17, 15) is 14.4 Å². The van der Waals surface area contributed by atoms with Crippen molar-refractivity contribution in [2.24, 2.45) is 0 Å². The molecule has 0 aromatic heterocycles. The molecule has 402 valence electrons. The highest BCUT2D eigenvalue weighted by Crippen LogP contribution is 2.18. The number of carbonyl (C=O) groups excluding carboxylic acids is 3. The summed E-state index contributed by atoms with van der Waals surface area (Å²) in [4.78, 5) is 38.2. The minimum absolute atomic E-state index is 0.0648. The van der Waals surface area contributed by atoms with Gasteiger partial charge in [0.15, 0.2) is 6.10 Å². The molecule has 0 aliphatic heterocycles. The summed E-state index contributed by atoms with van der Waals surface area (Å²) in [6, 6.07) is 0. The van der Waals surface area contributed by atoms with Crippen molar-refractivity contribution in [3.63, 3.8) is 0 Å². The number of rotatable bonds is 57. The number of esters is 3. The Bertz CT molecular complexity index is 1060. The van der Waals surface area contributed by atoms with Gasteiger partial charge < -0.3 is 14.2 Å². The predicted molar refractivity (Wildman–Crippen MR) is 293 cm³/mol. The molecule has 0 amide bonds. The molecule has 0 unspecified atom stereocenters. The van der Waals surface area contributed by atoms with Gasteiger partial charge in [0.1, 0.15) is 13.2 Å². The van der Waals surface area contributed by atoms with Crippen LogP contribution >= 0.6 is 0 Å². The Balaban J connectivity index is 4.30. The number of unbranched alkanes of at least 4 members (excludes halogenated alkanes) is 44. The summed E-state index contributed by atoms with van der Waals surface area (Å²) in [6.07, 6.45) is 66.3. The van der Waals surface area contributed by atoms with E-state index in [1.807, 2.05) is 0 Å². The molecule has 6 heteroatoms. The number of hydrogen-bond acceptors (Lipinski definition) is 6. The van der Waals surface area contributed by atoms with E-state index < -0.39 is 6.10 Å². The van der Waals surface area contributed by atoms with Crippen LogP contribution in [0.1, 0.15) is 348 Å². The molecular weight excluding hydrogens is 841 g/mol. The van der Waals surface area contributed by atoms with E-state index in [2.05, 4.69) is 32.9 Å². The average Bonchev–Trinajstić information content (AvgIpc) is 3.34. The quantitative estimate of drug-likeness (QED) is 0.0262. The Kier molecular flexibility index (Phi) is 56.2. The maximum Gasteiger partial charge on any atom is 0.306 e. The second kappa shape index (κ2) is 57.7. The molecule has 0 heterocycles. The van der Waals surface area contributed by atoms with Crippen LogP contribution in [0.5, 0.6) is 0 Å². The molecule has 0 aliphatic carbocycles. The van der Waals surface area contributed by atoms with Crippen LogP contribution in [-0.2, 0) is 28.6 Å². The van der Waals surface area contributed by atoms with Gasteiger partial charge in [0.25, 0.3) is 0 Å². The van der Waals surface area contributed by atoms with Gasteiger partial charge in [-0.3, -0.25) is 14.4 Å². The lowest BCUT2D eigenvalue weighted by molar-refractivity contribution is -0.167. The van der Waals surface area contributed by atoms with Crippen LogP contribution in [0.2, 0.25) is 0 Å². The van der Waals surface area contributed by atoms with Crippen LogP contribution in [-0.4, -0.2) is 37.2 Å². The maximum absolute atomic E-state index is 12.9. The van der Waals surface area contributed by atoms with Gasteiger partial charge in [-0.05, 0) is 44.9 Å². The summed E-state index contributed by atoms with van der Waals surface area (Å²) in [5.74, 6) is -0.841. The van der Waals surface area contributed by atoms with Crippen molar-refractivity contribution in [3.05, 3.63) is 12.2 Å². The molecule has 0 spiro atoms. The van der Waals surface area contributed by atoms with E-state index >= 15 is 0 Å². The molecule has 0 N–H and O–H groups in total. The van der Waals surface area contributed by atoms with Gasteiger partial charge >= 0.3 is 17.9 Å². The smallest absolute Gasteiger partial charge is 0.306 e. The van der Waals surface area contributed by atoms with Gasteiger partial charge in [0, 0.05) is 19.3 Å². The second-order valence-electron chi connectivity index (χ2n) is 21.0. The normalized spacial score (nSPS) is 12.0. The van der Waals surface area contributed by atoms with Crippen LogP contribution in [0.3, 0.4) is 0 Å². The van der Waals surface area contributed by atoms with Crippen LogP contribution in [0.25, 0.3) is 0 Å². The maximum atomic E-state index is 12.9. The first-order valence-corrected chi connectivity index (χ1v) is 30.7. The predicted octanol–water partition coefficient (Wildman–Crippen LogP) is 20.5. The lowest BCUT2D eigenvalue weighted by atomic mass is 10.0. The Labute approximate surface area is 424 Å². The van der Waals surface area contributed by atoms with Crippen LogP contribution < -0.4 is 0 Å². The fourth-order valence-electron chi connectivity index (χ4n) is 9.38. The van der Waals surface area contributed by atoms with Gasteiger partial charge in [0.2, 0.25) is 0 Å². The molecule has 68 heavy (non-hydrogen) atoms. The molecule has 6 nitrogen and oxygen atoms in total. The fourth-order valence-corrected chi connectivity index (χ4v) is 9.38. The third-order valence-corrected chi connectivity index (χ3v) is 14.0. The summed E-state index contributed by atoms with van der Waals surface area (Å²) in [7, 11) is 0. The summed E-state index contributed by atoms with van der Waals surface area (Å²) >= 11 is 0. The van der Waals surface area contributed by atoms with Crippen molar-refractivity contribution in [1.82, 2.24) is 0 Å². The van der Waals surface area contributed by atoms with Gasteiger partial charge in [-0.25, -0.2) is 0 Å². The summed E-state index contributed by atoms with van der Waals surface area (Å²) in [5.41, 5.74) is 0. The largest absolute Gasteiger partial charge is 0.462 e. The fraction of sp³-hybridized carbons (Fsp3) is 0.919. The molecule has 0 rings (SSSR count). The third kappa shape index (κ3) is 55.1. The van der Waals surface area contributed by atoms with Crippen molar-refractivity contribution < 1.29 is 28.6 Å². The molecule has 0 saturated heterocycles. The van der Waals surface area contributed by atoms with Gasteiger partial charge in [-0.2, -0.15) is 0 Å². The molecule has 0 radical (unpaired) electrons. The first-order valence-electron chi connectivity index (χ1n) is 30.7.